The van der Waals surface area contributed by atoms with Crippen LogP contribution in [-0.2, 0) is 0 Å². The van der Waals surface area contributed by atoms with Crippen molar-refractivity contribution >= 4 is 44.5 Å². The van der Waals surface area contributed by atoms with Crippen molar-refractivity contribution in [2.24, 2.45) is 0 Å². The van der Waals surface area contributed by atoms with Crippen molar-refractivity contribution in [2.45, 2.75) is 0 Å². The van der Waals surface area contributed by atoms with Gasteiger partial charge < -0.3 is 10.0 Å². The van der Waals surface area contributed by atoms with E-state index in [0.29, 0.717) is 0 Å². The minimum Gasteiger partial charge on any atom is -0.421 e. The lowest BCUT2D eigenvalue weighted by molar-refractivity contribution is 0.422. The third-order valence-electron chi connectivity index (χ3n) is 3.53. The standard InChI is InChI=1S/C16H11BN2O2S/c20-17(21)16-18-14(10-6-2-1-3-7-10)13-11-8-4-5-9-12(11)22-15(13)19-16/h1-9,20-21H. The molecule has 0 saturated carbocycles. The fourth-order valence-electron chi connectivity index (χ4n) is 2.56. The molecule has 106 valence electrons. The minimum atomic E-state index is -1.68. The molecule has 0 unspecified atom stereocenters. The maximum Gasteiger partial charge on any atom is 0.528 e. The van der Waals surface area contributed by atoms with Crippen LogP contribution in [0.1, 0.15) is 0 Å². The second-order valence-electron chi connectivity index (χ2n) is 4.95. The van der Waals surface area contributed by atoms with Gasteiger partial charge in [0, 0.05) is 21.0 Å². The molecule has 0 fully saturated rings. The average molecular weight is 306 g/mol. The summed E-state index contributed by atoms with van der Waals surface area (Å²) in [5, 5.41) is 21.0. The number of thiophene rings is 1. The molecular formula is C16H11BN2O2S. The second-order valence-corrected chi connectivity index (χ2v) is 5.98. The van der Waals surface area contributed by atoms with Crippen LogP contribution in [0, 0.1) is 0 Å². The second kappa shape index (κ2) is 5.17. The zero-order valence-electron chi connectivity index (χ0n) is 11.5. The molecule has 0 aliphatic heterocycles. The van der Waals surface area contributed by atoms with Crippen molar-refractivity contribution in [3.63, 3.8) is 0 Å². The van der Waals surface area contributed by atoms with Gasteiger partial charge in [-0.1, -0.05) is 48.5 Å². The Hall–Kier alpha value is -2.28. The molecule has 0 spiro atoms. The molecule has 6 heteroatoms. The Kier molecular flexibility index (Phi) is 3.15. The number of nitrogens with zero attached hydrogens (tertiary/aromatic N) is 2. The largest absolute Gasteiger partial charge is 0.528 e. The molecule has 2 aromatic carbocycles. The SMILES string of the molecule is OB(O)c1nc(-c2ccccc2)c2c(n1)sc1ccccc12. The van der Waals surface area contributed by atoms with E-state index >= 15 is 0 Å². The number of fused-ring (bicyclic) bond motifs is 3. The van der Waals surface area contributed by atoms with Crippen LogP contribution in [0.5, 0.6) is 0 Å². The molecule has 4 nitrogen and oxygen atoms in total. The maximum atomic E-state index is 9.46. The van der Waals surface area contributed by atoms with Crippen LogP contribution < -0.4 is 5.72 Å². The molecule has 0 bridgehead atoms. The van der Waals surface area contributed by atoms with Gasteiger partial charge in [0.1, 0.15) is 4.83 Å². The smallest absolute Gasteiger partial charge is 0.421 e. The molecule has 0 radical (unpaired) electrons. The quantitative estimate of drug-likeness (QED) is 0.557. The molecule has 2 N–H and O–H groups in total. The van der Waals surface area contributed by atoms with Crippen LogP contribution in [0.3, 0.4) is 0 Å². The zero-order chi connectivity index (χ0) is 15.1. The van der Waals surface area contributed by atoms with E-state index in [2.05, 4.69) is 9.97 Å². The molecule has 0 atom stereocenters. The summed E-state index contributed by atoms with van der Waals surface area (Å²) >= 11 is 1.53. The number of rotatable bonds is 2. The third kappa shape index (κ3) is 2.09. The van der Waals surface area contributed by atoms with Crippen LogP contribution in [0.4, 0.5) is 0 Å². The van der Waals surface area contributed by atoms with E-state index in [1.54, 1.807) is 0 Å². The summed E-state index contributed by atoms with van der Waals surface area (Å²) in [6, 6.07) is 17.8. The van der Waals surface area contributed by atoms with Gasteiger partial charge in [-0.3, -0.25) is 0 Å². The molecule has 22 heavy (non-hydrogen) atoms. The van der Waals surface area contributed by atoms with Crippen LogP contribution >= 0.6 is 11.3 Å². The highest BCUT2D eigenvalue weighted by Crippen LogP contribution is 2.36. The molecule has 2 heterocycles. The summed E-state index contributed by atoms with van der Waals surface area (Å²) in [4.78, 5) is 9.46. The normalized spacial score (nSPS) is 11.2. The van der Waals surface area contributed by atoms with Crippen molar-refractivity contribution in [3.8, 4) is 11.3 Å². The minimum absolute atomic E-state index is 0.0258. The molecule has 0 aliphatic rings. The van der Waals surface area contributed by atoms with Gasteiger partial charge >= 0.3 is 7.12 Å². The first-order valence-corrected chi connectivity index (χ1v) is 7.66. The number of benzene rings is 2. The van der Waals surface area contributed by atoms with Gasteiger partial charge in [-0.05, 0) is 6.07 Å². The molecule has 0 aliphatic carbocycles. The summed E-state index contributed by atoms with van der Waals surface area (Å²) in [7, 11) is -1.68. The summed E-state index contributed by atoms with van der Waals surface area (Å²) in [6.07, 6.45) is 0. The predicted molar refractivity (Wildman–Crippen MR) is 90.2 cm³/mol. The van der Waals surface area contributed by atoms with E-state index in [9.17, 15) is 10.0 Å². The van der Waals surface area contributed by atoms with Gasteiger partial charge in [-0.2, -0.15) is 0 Å². The lowest BCUT2D eigenvalue weighted by Gasteiger charge is -2.06. The third-order valence-corrected chi connectivity index (χ3v) is 4.60. The first-order valence-electron chi connectivity index (χ1n) is 6.85. The van der Waals surface area contributed by atoms with Crippen molar-refractivity contribution < 1.29 is 10.0 Å². The molecular weight excluding hydrogens is 295 g/mol. The summed E-state index contributed by atoms with van der Waals surface area (Å²) in [5.41, 5.74) is 1.68. The van der Waals surface area contributed by atoms with E-state index in [-0.39, 0.29) is 5.72 Å². The monoisotopic (exact) mass is 306 g/mol. The number of aromatic nitrogens is 2. The number of hydrogen-bond acceptors (Lipinski definition) is 5. The predicted octanol–water partition coefficient (Wildman–Crippen LogP) is 2.19. The van der Waals surface area contributed by atoms with E-state index in [1.165, 1.54) is 11.3 Å². The van der Waals surface area contributed by atoms with E-state index in [1.807, 2.05) is 54.6 Å². The van der Waals surface area contributed by atoms with Gasteiger partial charge in [0.15, 0.2) is 5.72 Å². The Morgan fingerprint density at radius 3 is 2.36 bits per heavy atom. The van der Waals surface area contributed by atoms with E-state index < -0.39 is 7.12 Å². The van der Waals surface area contributed by atoms with Crippen LogP contribution in [-0.4, -0.2) is 27.1 Å². The topological polar surface area (TPSA) is 66.2 Å². The van der Waals surface area contributed by atoms with Crippen molar-refractivity contribution in [3.05, 3.63) is 54.6 Å². The van der Waals surface area contributed by atoms with Crippen molar-refractivity contribution in [2.75, 3.05) is 0 Å². The van der Waals surface area contributed by atoms with Crippen molar-refractivity contribution in [1.29, 1.82) is 0 Å². The Morgan fingerprint density at radius 2 is 1.59 bits per heavy atom. The van der Waals surface area contributed by atoms with Gasteiger partial charge in [-0.25, -0.2) is 9.97 Å². The molecule has 4 aromatic rings. The van der Waals surface area contributed by atoms with Gasteiger partial charge in [0.2, 0.25) is 0 Å². The Balaban J connectivity index is 2.15. The van der Waals surface area contributed by atoms with Gasteiger partial charge in [0.05, 0.1) is 5.69 Å². The zero-order valence-corrected chi connectivity index (χ0v) is 12.3. The molecule has 2 aromatic heterocycles. The van der Waals surface area contributed by atoms with Crippen molar-refractivity contribution in [1.82, 2.24) is 9.97 Å². The Morgan fingerprint density at radius 1 is 0.864 bits per heavy atom. The summed E-state index contributed by atoms with van der Waals surface area (Å²) in [6.45, 7) is 0. The highest BCUT2D eigenvalue weighted by Gasteiger charge is 2.21. The Bertz CT molecular complexity index is 970. The fourth-order valence-corrected chi connectivity index (χ4v) is 3.64. The highest BCUT2D eigenvalue weighted by molar-refractivity contribution is 7.25. The molecule has 0 saturated heterocycles. The molecule has 4 rings (SSSR count). The lowest BCUT2D eigenvalue weighted by atomic mass is 9.90. The van der Waals surface area contributed by atoms with Crippen LogP contribution in [0.25, 0.3) is 31.6 Å². The van der Waals surface area contributed by atoms with Crippen LogP contribution in [0.2, 0.25) is 0 Å². The van der Waals surface area contributed by atoms with E-state index in [4.69, 9.17) is 0 Å². The fraction of sp³-hybridized carbons (Fsp3) is 0. The first-order chi connectivity index (χ1) is 10.7. The lowest BCUT2D eigenvalue weighted by Crippen LogP contribution is -2.35. The van der Waals surface area contributed by atoms with E-state index in [0.717, 1.165) is 31.6 Å². The van der Waals surface area contributed by atoms with Gasteiger partial charge in [-0.15, -0.1) is 11.3 Å². The average Bonchev–Trinajstić information content (AvgIpc) is 2.93. The summed E-state index contributed by atoms with van der Waals surface area (Å²) < 4.78 is 1.11. The van der Waals surface area contributed by atoms with Gasteiger partial charge in [0.25, 0.3) is 0 Å². The summed E-state index contributed by atoms with van der Waals surface area (Å²) in [5.74, 6) is 0. The maximum absolute atomic E-state index is 9.46. The highest BCUT2D eigenvalue weighted by atomic mass is 32.1. The van der Waals surface area contributed by atoms with Crippen LogP contribution in [0.15, 0.2) is 54.6 Å². The molecule has 0 amide bonds. The number of hydrogen-bond donors (Lipinski definition) is 2. The Labute approximate surface area is 130 Å². The first kappa shape index (κ1) is 13.4.